The van der Waals surface area contributed by atoms with E-state index in [1.54, 1.807) is 6.20 Å². The molecule has 1 fully saturated rings. The zero-order chi connectivity index (χ0) is 29.8. The number of carbonyl (C=O) groups excluding carboxylic acids is 3. The van der Waals surface area contributed by atoms with E-state index in [1.165, 1.54) is 16.7 Å². The summed E-state index contributed by atoms with van der Waals surface area (Å²) in [7, 11) is 0. The van der Waals surface area contributed by atoms with Crippen molar-refractivity contribution in [3.8, 4) is 0 Å². The molecule has 43 heavy (non-hydrogen) atoms. The number of ether oxygens (including phenoxy) is 1. The Morgan fingerprint density at radius 1 is 0.930 bits per heavy atom. The Bertz CT molecular complexity index is 1600. The lowest BCUT2D eigenvalue weighted by Gasteiger charge is -2.50. The van der Waals surface area contributed by atoms with Crippen molar-refractivity contribution < 1.29 is 19.1 Å². The summed E-state index contributed by atoms with van der Waals surface area (Å²) < 4.78 is 6.25. The van der Waals surface area contributed by atoms with E-state index in [0.29, 0.717) is 11.3 Å². The number of rotatable bonds is 9. The van der Waals surface area contributed by atoms with Gasteiger partial charge in [0.15, 0.2) is 6.10 Å². The van der Waals surface area contributed by atoms with E-state index in [-0.39, 0.29) is 23.9 Å². The van der Waals surface area contributed by atoms with E-state index in [9.17, 15) is 14.4 Å². The lowest BCUT2D eigenvalue weighted by atomic mass is 9.98. The second-order valence-corrected chi connectivity index (χ2v) is 11.5. The summed E-state index contributed by atoms with van der Waals surface area (Å²) in [6.45, 7) is 2.03. The van der Waals surface area contributed by atoms with Crippen LogP contribution in [0.1, 0.15) is 41.0 Å². The minimum Gasteiger partial charge on any atom is -0.448 e. The molecule has 0 unspecified atom stereocenters. The van der Waals surface area contributed by atoms with Crippen LogP contribution in [0, 0.1) is 0 Å². The van der Waals surface area contributed by atoms with Gasteiger partial charge in [-0.15, -0.1) is 11.8 Å². The van der Waals surface area contributed by atoms with Gasteiger partial charge in [-0.2, -0.15) is 0 Å². The third-order valence-electron chi connectivity index (χ3n) is 7.65. The summed E-state index contributed by atoms with van der Waals surface area (Å²) in [6, 6.07) is 31.6. The smallest absolute Gasteiger partial charge is 0.356 e. The highest BCUT2D eigenvalue weighted by molar-refractivity contribution is 8.00. The molecule has 3 heterocycles. The van der Waals surface area contributed by atoms with E-state index in [1.807, 2.05) is 110 Å². The average molecular weight is 590 g/mol. The van der Waals surface area contributed by atoms with Gasteiger partial charge in [0.25, 0.3) is 5.91 Å². The van der Waals surface area contributed by atoms with Crippen LogP contribution in [-0.2, 0) is 32.0 Å². The topological polar surface area (TPSA) is 88.6 Å². The molecule has 0 bridgehead atoms. The third kappa shape index (κ3) is 5.96. The predicted molar refractivity (Wildman–Crippen MR) is 167 cm³/mol. The lowest BCUT2D eigenvalue weighted by Crippen LogP contribution is -2.70. The summed E-state index contributed by atoms with van der Waals surface area (Å²) in [4.78, 5) is 46.7. The molecule has 2 aliphatic rings. The summed E-state index contributed by atoms with van der Waals surface area (Å²) in [5, 5.41) is 2.47. The number of hydrogen-bond acceptors (Lipinski definition) is 6. The number of nitrogens with zero attached hydrogens (tertiary/aromatic N) is 2. The first-order chi connectivity index (χ1) is 21.0. The van der Waals surface area contributed by atoms with Crippen LogP contribution >= 0.6 is 11.8 Å². The standard InChI is InChI=1S/C35H31N3O4S/c1-2-27-19-18-26(21-36-27)28-22-43-34-30(37-29(39)20-23-12-6-3-7-13-23)33(40)38(34)31(28)35(41)42-32(24-14-8-4-9-15-24)25-16-10-5-11-17-25/h3-19,21,30,32,34H,2,20,22H2,1H3,(H,37,39)/t30-,34-/m1/s1. The maximum absolute atomic E-state index is 14.2. The molecule has 1 saturated heterocycles. The summed E-state index contributed by atoms with van der Waals surface area (Å²) in [5.74, 6) is -0.716. The highest BCUT2D eigenvalue weighted by atomic mass is 32.2. The molecular weight excluding hydrogens is 558 g/mol. The Morgan fingerprint density at radius 3 is 2.14 bits per heavy atom. The Balaban J connectivity index is 1.32. The fourth-order valence-electron chi connectivity index (χ4n) is 5.39. The quantitative estimate of drug-likeness (QED) is 0.210. The molecule has 1 N–H and O–H groups in total. The maximum Gasteiger partial charge on any atom is 0.356 e. The Kier molecular flexibility index (Phi) is 8.38. The van der Waals surface area contributed by atoms with Crippen LogP contribution in [0.3, 0.4) is 0 Å². The van der Waals surface area contributed by atoms with Gasteiger partial charge in [0.05, 0.1) is 6.42 Å². The van der Waals surface area contributed by atoms with Crippen molar-refractivity contribution in [3.63, 3.8) is 0 Å². The van der Waals surface area contributed by atoms with Crippen LogP contribution in [0.2, 0.25) is 0 Å². The van der Waals surface area contributed by atoms with Crippen LogP contribution in [0.25, 0.3) is 5.57 Å². The van der Waals surface area contributed by atoms with Crippen molar-refractivity contribution in [3.05, 3.63) is 143 Å². The number of carbonyl (C=O) groups is 3. The number of aryl methyl sites for hydroxylation is 1. The predicted octanol–water partition coefficient (Wildman–Crippen LogP) is 5.33. The number of fused-ring (bicyclic) bond motifs is 1. The van der Waals surface area contributed by atoms with Crippen molar-refractivity contribution >= 4 is 35.1 Å². The molecule has 0 radical (unpaired) electrons. The first kappa shape index (κ1) is 28.4. The summed E-state index contributed by atoms with van der Waals surface area (Å²) in [5.41, 5.74) is 5.08. The number of esters is 1. The zero-order valence-corrected chi connectivity index (χ0v) is 24.5. The number of benzene rings is 3. The lowest BCUT2D eigenvalue weighted by molar-refractivity contribution is -0.154. The minimum atomic E-state index is -0.731. The fraction of sp³-hybridized carbons (Fsp3) is 0.200. The van der Waals surface area contributed by atoms with Gasteiger partial charge < -0.3 is 10.1 Å². The van der Waals surface area contributed by atoms with Crippen LogP contribution in [0.4, 0.5) is 0 Å². The number of pyridine rings is 1. The third-order valence-corrected chi connectivity index (χ3v) is 8.93. The molecule has 7 nitrogen and oxygen atoms in total. The molecule has 0 aliphatic carbocycles. The number of β-lactam (4-membered cyclic amide) rings is 1. The number of amides is 2. The van der Waals surface area contributed by atoms with E-state index in [4.69, 9.17) is 4.74 Å². The monoisotopic (exact) mass is 589 g/mol. The molecular formula is C35H31N3O4S. The summed E-state index contributed by atoms with van der Waals surface area (Å²) >= 11 is 1.52. The molecule has 1 aromatic heterocycles. The van der Waals surface area contributed by atoms with E-state index >= 15 is 0 Å². The molecule has 3 aromatic carbocycles. The van der Waals surface area contributed by atoms with Crippen molar-refractivity contribution in [2.75, 3.05) is 5.75 Å². The largest absolute Gasteiger partial charge is 0.448 e. The molecule has 216 valence electrons. The van der Waals surface area contributed by atoms with Gasteiger partial charge in [-0.3, -0.25) is 19.5 Å². The maximum atomic E-state index is 14.2. The Morgan fingerprint density at radius 2 is 1.56 bits per heavy atom. The average Bonchev–Trinajstić information content (AvgIpc) is 3.06. The Hall–Kier alpha value is -4.69. The van der Waals surface area contributed by atoms with Gasteiger partial charge in [-0.25, -0.2) is 4.79 Å². The van der Waals surface area contributed by atoms with E-state index in [0.717, 1.165) is 34.4 Å². The molecule has 0 spiro atoms. The summed E-state index contributed by atoms with van der Waals surface area (Å²) in [6.07, 6.45) is 2.03. The van der Waals surface area contributed by atoms with Crippen molar-refractivity contribution in [1.29, 1.82) is 0 Å². The number of aromatic nitrogens is 1. The van der Waals surface area contributed by atoms with Gasteiger partial charge >= 0.3 is 5.97 Å². The molecule has 2 atom stereocenters. The van der Waals surface area contributed by atoms with Crippen LogP contribution in [-0.4, -0.2) is 44.8 Å². The highest BCUT2D eigenvalue weighted by Gasteiger charge is 2.54. The number of thioether (sulfide) groups is 1. The van der Waals surface area contributed by atoms with Crippen molar-refractivity contribution in [2.24, 2.45) is 0 Å². The molecule has 4 aromatic rings. The number of hydrogen-bond donors (Lipinski definition) is 1. The molecule has 2 aliphatic heterocycles. The highest BCUT2D eigenvalue weighted by Crippen LogP contribution is 2.44. The van der Waals surface area contributed by atoms with Gasteiger partial charge in [-0.1, -0.05) is 104 Å². The molecule has 2 amide bonds. The SMILES string of the molecule is CCc1ccc(C2=C(C(=O)OC(c3ccccc3)c3ccccc3)N3C(=O)[C@@H](NC(=O)Cc4ccccc4)[C@H]3SC2)cn1. The zero-order valence-electron chi connectivity index (χ0n) is 23.7. The van der Waals surface area contributed by atoms with Crippen LogP contribution < -0.4 is 5.32 Å². The van der Waals surface area contributed by atoms with E-state index in [2.05, 4.69) is 10.3 Å². The van der Waals surface area contributed by atoms with E-state index < -0.39 is 23.5 Å². The normalized spacial score (nSPS) is 17.7. The van der Waals surface area contributed by atoms with Gasteiger partial charge in [0.2, 0.25) is 5.91 Å². The number of nitrogens with one attached hydrogen (secondary N) is 1. The van der Waals surface area contributed by atoms with Crippen molar-refractivity contribution in [2.45, 2.75) is 37.3 Å². The molecule has 8 heteroatoms. The van der Waals surface area contributed by atoms with Gasteiger partial charge in [0, 0.05) is 23.2 Å². The molecule has 6 rings (SSSR count). The second kappa shape index (κ2) is 12.7. The van der Waals surface area contributed by atoms with Gasteiger partial charge in [0.1, 0.15) is 17.1 Å². The van der Waals surface area contributed by atoms with Crippen LogP contribution in [0.5, 0.6) is 0 Å². The first-order valence-electron chi connectivity index (χ1n) is 14.3. The second-order valence-electron chi connectivity index (χ2n) is 10.4. The van der Waals surface area contributed by atoms with Crippen LogP contribution in [0.15, 0.2) is 115 Å². The van der Waals surface area contributed by atoms with Crippen molar-refractivity contribution in [1.82, 2.24) is 15.2 Å². The van der Waals surface area contributed by atoms with Gasteiger partial charge in [-0.05, 0) is 34.7 Å². The molecule has 0 saturated carbocycles. The first-order valence-corrected chi connectivity index (χ1v) is 15.4. The minimum absolute atomic E-state index is 0.170. The fourth-order valence-corrected chi connectivity index (χ4v) is 6.77. The Labute approximate surface area is 255 Å².